The van der Waals surface area contributed by atoms with Crippen LogP contribution < -0.4 is 25.0 Å². The molecule has 0 atom stereocenters. The lowest BCUT2D eigenvalue weighted by Gasteiger charge is -2.17. The second kappa shape index (κ2) is 10.5. The zero-order chi connectivity index (χ0) is 20.5. The van der Waals surface area contributed by atoms with E-state index in [1.54, 1.807) is 21.3 Å². The molecular formula is C22H31N5O2. The van der Waals surface area contributed by atoms with E-state index in [0.717, 1.165) is 49.3 Å². The number of hydrogen-bond acceptors (Lipinski definition) is 5. The Labute approximate surface area is 173 Å². The zero-order valence-electron chi connectivity index (χ0n) is 17.6. The van der Waals surface area contributed by atoms with Crippen LogP contribution in [0.25, 0.3) is 0 Å². The fraction of sp³-hybridized carbons (Fsp3) is 0.455. The van der Waals surface area contributed by atoms with Gasteiger partial charge < -0.3 is 25.0 Å². The Hall–Kier alpha value is -2.96. The average Bonchev–Trinajstić information content (AvgIpc) is 3.31. The molecule has 1 fully saturated rings. The molecule has 0 bridgehead atoms. The summed E-state index contributed by atoms with van der Waals surface area (Å²) in [6, 6.07) is 10.2. The number of pyridine rings is 1. The molecule has 0 aliphatic carbocycles. The van der Waals surface area contributed by atoms with Crippen molar-refractivity contribution in [2.75, 3.05) is 45.8 Å². The lowest BCUT2D eigenvalue weighted by atomic mass is 10.1. The minimum Gasteiger partial charge on any atom is -0.493 e. The Kier molecular flexibility index (Phi) is 7.55. The molecule has 0 unspecified atom stereocenters. The van der Waals surface area contributed by atoms with E-state index in [2.05, 4.69) is 37.6 Å². The Morgan fingerprint density at radius 1 is 1.03 bits per heavy atom. The van der Waals surface area contributed by atoms with Crippen LogP contribution in [0.3, 0.4) is 0 Å². The molecule has 156 valence electrons. The van der Waals surface area contributed by atoms with Gasteiger partial charge in [-0.15, -0.1) is 0 Å². The highest BCUT2D eigenvalue weighted by atomic mass is 16.5. The predicted octanol–water partition coefficient (Wildman–Crippen LogP) is 2.61. The summed E-state index contributed by atoms with van der Waals surface area (Å²) in [4.78, 5) is 11.2. The average molecular weight is 398 g/mol. The SMILES string of the molecule is CN=C(NCCc1ccc(OC)c(OC)c1)NCc1ccnc(N2CCCC2)c1. The molecule has 0 spiro atoms. The lowest BCUT2D eigenvalue weighted by molar-refractivity contribution is 0.354. The monoisotopic (exact) mass is 397 g/mol. The summed E-state index contributed by atoms with van der Waals surface area (Å²) in [5, 5.41) is 6.74. The molecule has 0 radical (unpaired) electrons. The molecule has 29 heavy (non-hydrogen) atoms. The maximum absolute atomic E-state index is 5.37. The molecular weight excluding hydrogens is 366 g/mol. The molecule has 1 saturated heterocycles. The predicted molar refractivity (Wildman–Crippen MR) is 117 cm³/mol. The van der Waals surface area contributed by atoms with Gasteiger partial charge in [0.2, 0.25) is 0 Å². The normalized spacial score (nSPS) is 14.0. The van der Waals surface area contributed by atoms with E-state index < -0.39 is 0 Å². The fourth-order valence-corrected chi connectivity index (χ4v) is 3.46. The maximum Gasteiger partial charge on any atom is 0.191 e. The van der Waals surface area contributed by atoms with Gasteiger partial charge >= 0.3 is 0 Å². The number of nitrogens with one attached hydrogen (secondary N) is 2. The van der Waals surface area contributed by atoms with Crippen molar-refractivity contribution in [2.45, 2.75) is 25.8 Å². The standard InChI is InChI=1S/C22H31N5O2/c1-23-22(25-11-8-17-6-7-19(28-2)20(14-17)29-3)26-16-18-9-10-24-21(15-18)27-12-4-5-13-27/h6-7,9-10,14-15H,4-5,8,11-13,16H2,1-3H3,(H2,23,25,26). The number of benzene rings is 1. The van der Waals surface area contributed by atoms with Gasteiger partial charge in [-0.25, -0.2) is 4.98 Å². The van der Waals surface area contributed by atoms with Crippen LogP contribution in [0.2, 0.25) is 0 Å². The van der Waals surface area contributed by atoms with Crippen molar-refractivity contribution in [3.05, 3.63) is 47.7 Å². The fourth-order valence-electron chi connectivity index (χ4n) is 3.46. The van der Waals surface area contributed by atoms with Gasteiger partial charge in [-0.3, -0.25) is 4.99 Å². The molecule has 2 aromatic rings. The second-order valence-corrected chi connectivity index (χ2v) is 7.01. The van der Waals surface area contributed by atoms with E-state index in [-0.39, 0.29) is 0 Å². The van der Waals surface area contributed by atoms with Crippen molar-refractivity contribution < 1.29 is 9.47 Å². The van der Waals surface area contributed by atoms with Crippen LogP contribution in [0, 0.1) is 0 Å². The Morgan fingerprint density at radius 3 is 2.55 bits per heavy atom. The molecule has 1 aliphatic rings. The van der Waals surface area contributed by atoms with Crippen LogP contribution in [0.4, 0.5) is 5.82 Å². The zero-order valence-corrected chi connectivity index (χ0v) is 17.6. The first-order chi connectivity index (χ1) is 14.2. The Balaban J connectivity index is 1.48. The first-order valence-electron chi connectivity index (χ1n) is 10.1. The summed E-state index contributed by atoms with van der Waals surface area (Å²) >= 11 is 0. The molecule has 7 heteroatoms. The summed E-state index contributed by atoms with van der Waals surface area (Å²) in [6.07, 6.45) is 5.24. The van der Waals surface area contributed by atoms with Gasteiger partial charge in [0, 0.05) is 39.4 Å². The molecule has 2 heterocycles. The number of nitrogens with zero attached hydrogens (tertiary/aromatic N) is 3. The lowest BCUT2D eigenvalue weighted by Crippen LogP contribution is -2.37. The maximum atomic E-state index is 5.37. The highest BCUT2D eigenvalue weighted by Gasteiger charge is 2.13. The van der Waals surface area contributed by atoms with E-state index >= 15 is 0 Å². The number of methoxy groups -OCH3 is 2. The third kappa shape index (κ3) is 5.76. The smallest absolute Gasteiger partial charge is 0.191 e. The van der Waals surface area contributed by atoms with Crippen molar-refractivity contribution >= 4 is 11.8 Å². The van der Waals surface area contributed by atoms with E-state index in [1.807, 2.05) is 24.4 Å². The summed E-state index contributed by atoms with van der Waals surface area (Å²) < 4.78 is 10.7. The third-order valence-electron chi connectivity index (χ3n) is 5.08. The molecule has 1 aromatic heterocycles. The van der Waals surface area contributed by atoms with Gasteiger partial charge in [0.05, 0.1) is 14.2 Å². The van der Waals surface area contributed by atoms with Crippen molar-refractivity contribution in [2.24, 2.45) is 4.99 Å². The highest BCUT2D eigenvalue weighted by molar-refractivity contribution is 5.79. The van der Waals surface area contributed by atoms with Gasteiger partial charge in [-0.1, -0.05) is 6.07 Å². The van der Waals surface area contributed by atoms with Gasteiger partial charge in [-0.2, -0.15) is 0 Å². The summed E-state index contributed by atoms with van der Waals surface area (Å²) in [5.41, 5.74) is 2.37. The number of rotatable bonds is 8. The van der Waals surface area contributed by atoms with Crippen LogP contribution in [0.5, 0.6) is 11.5 Å². The third-order valence-corrected chi connectivity index (χ3v) is 5.08. The number of aliphatic imine (C=N–C) groups is 1. The molecule has 0 amide bonds. The quantitative estimate of drug-likeness (QED) is 0.527. The Morgan fingerprint density at radius 2 is 1.83 bits per heavy atom. The van der Waals surface area contributed by atoms with E-state index in [4.69, 9.17) is 9.47 Å². The Bertz CT molecular complexity index is 819. The van der Waals surface area contributed by atoms with E-state index in [9.17, 15) is 0 Å². The van der Waals surface area contributed by atoms with Crippen LogP contribution in [-0.2, 0) is 13.0 Å². The van der Waals surface area contributed by atoms with Crippen molar-refractivity contribution in [1.29, 1.82) is 0 Å². The summed E-state index contributed by atoms with van der Waals surface area (Å²) in [7, 11) is 5.08. The highest BCUT2D eigenvalue weighted by Crippen LogP contribution is 2.27. The van der Waals surface area contributed by atoms with Crippen LogP contribution in [0.15, 0.2) is 41.5 Å². The van der Waals surface area contributed by atoms with Crippen molar-refractivity contribution in [3.8, 4) is 11.5 Å². The number of anilines is 1. The van der Waals surface area contributed by atoms with Gasteiger partial charge in [-0.05, 0) is 54.7 Å². The van der Waals surface area contributed by atoms with E-state index in [0.29, 0.717) is 6.54 Å². The van der Waals surface area contributed by atoms with Gasteiger partial charge in [0.15, 0.2) is 17.5 Å². The minimum atomic E-state index is 0.708. The molecule has 3 rings (SSSR count). The van der Waals surface area contributed by atoms with E-state index in [1.165, 1.54) is 24.0 Å². The van der Waals surface area contributed by atoms with Crippen molar-refractivity contribution in [1.82, 2.24) is 15.6 Å². The number of guanidine groups is 1. The van der Waals surface area contributed by atoms with Crippen LogP contribution in [-0.4, -0.2) is 51.8 Å². The second-order valence-electron chi connectivity index (χ2n) is 7.01. The molecule has 0 saturated carbocycles. The van der Waals surface area contributed by atoms with Crippen LogP contribution in [0.1, 0.15) is 24.0 Å². The first kappa shape index (κ1) is 20.8. The van der Waals surface area contributed by atoms with Crippen molar-refractivity contribution in [3.63, 3.8) is 0 Å². The molecule has 2 N–H and O–H groups in total. The first-order valence-corrected chi connectivity index (χ1v) is 10.1. The largest absolute Gasteiger partial charge is 0.493 e. The number of aromatic nitrogens is 1. The summed E-state index contributed by atoms with van der Waals surface area (Å²) in [5.74, 6) is 3.34. The molecule has 7 nitrogen and oxygen atoms in total. The van der Waals surface area contributed by atoms with Gasteiger partial charge in [0.1, 0.15) is 5.82 Å². The van der Waals surface area contributed by atoms with Gasteiger partial charge in [0.25, 0.3) is 0 Å². The topological polar surface area (TPSA) is 71.0 Å². The summed E-state index contributed by atoms with van der Waals surface area (Å²) in [6.45, 7) is 3.68. The van der Waals surface area contributed by atoms with Crippen LogP contribution >= 0.6 is 0 Å². The minimum absolute atomic E-state index is 0.708. The number of ether oxygens (including phenoxy) is 2. The molecule has 1 aromatic carbocycles. The molecule has 1 aliphatic heterocycles. The number of hydrogen-bond donors (Lipinski definition) is 2.